The minimum absolute atomic E-state index is 0.0638. The average molecular weight is 371 g/mol. The highest BCUT2D eigenvalue weighted by Gasteiger charge is 2.33. The molecule has 1 aliphatic rings. The second-order valence-electron chi connectivity index (χ2n) is 5.15. The van der Waals surface area contributed by atoms with Crippen LogP contribution in [0.1, 0.15) is 15.9 Å². The summed E-state index contributed by atoms with van der Waals surface area (Å²) in [6.45, 7) is 0. The molecule has 1 amide bonds. The first-order valence-electron chi connectivity index (χ1n) is 7.25. The number of methoxy groups -OCH3 is 1. The van der Waals surface area contributed by atoms with Gasteiger partial charge in [0.05, 0.1) is 23.3 Å². The van der Waals surface area contributed by atoms with E-state index in [0.717, 1.165) is 5.56 Å². The number of amides is 1. The summed E-state index contributed by atoms with van der Waals surface area (Å²) in [6.07, 6.45) is 1.71. The quantitative estimate of drug-likeness (QED) is 0.505. The average Bonchev–Trinajstić information content (AvgIpc) is 2.88. The highest BCUT2D eigenvalue weighted by Crippen LogP contribution is 2.36. The number of carbonyl (C=O) groups excluding carboxylic acids is 2. The van der Waals surface area contributed by atoms with Crippen LogP contribution in [0.25, 0.3) is 6.08 Å². The lowest BCUT2D eigenvalue weighted by Gasteiger charge is -2.14. The zero-order valence-corrected chi connectivity index (χ0v) is 14.8. The molecular formula is C18H13NO4S2. The summed E-state index contributed by atoms with van der Waals surface area (Å²) in [6, 6.07) is 13.1. The van der Waals surface area contributed by atoms with Gasteiger partial charge in [0.15, 0.2) is 4.32 Å². The molecule has 0 bridgehead atoms. The molecule has 0 unspecified atom stereocenters. The minimum atomic E-state index is -0.415. The van der Waals surface area contributed by atoms with Crippen molar-refractivity contribution in [2.75, 3.05) is 12.0 Å². The molecule has 0 radical (unpaired) electrons. The molecule has 25 heavy (non-hydrogen) atoms. The van der Waals surface area contributed by atoms with E-state index in [0.29, 0.717) is 20.5 Å². The number of phenolic OH excluding ortho intramolecular Hbond substituents is 1. The van der Waals surface area contributed by atoms with Crippen LogP contribution in [0.5, 0.6) is 5.75 Å². The van der Waals surface area contributed by atoms with E-state index in [4.69, 9.17) is 12.2 Å². The maximum absolute atomic E-state index is 12.6. The molecule has 1 saturated heterocycles. The van der Waals surface area contributed by atoms with Gasteiger partial charge in [-0.25, -0.2) is 4.79 Å². The van der Waals surface area contributed by atoms with Gasteiger partial charge in [0, 0.05) is 6.07 Å². The molecule has 0 atom stereocenters. The fourth-order valence-corrected chi connectivity index (χ4v) is 3.61. The van der Waals surface area contributed by atoms with E-state index < -0.39 is 5.97 Å². The summed E-state index contributed by atoms with van der Waals surface area (Å²) in [5, 5.41) is 9.60. The fourth-order valence-electron chi connectivity index (χ4n) is 2.31. The zero-order chi connectivity index (χ0) is 18.0. The van der Waals surface area contributed by atoms with Crippen LogP contribution in [0, 0.1) is 0 Å². The topological polar surface area (TPSA) is 66.8 Å². The van der Waals surface area contributed by atoms with Gasteiger partial charge in [0.2, 0.25) is 0 Å². The van der Waals surface area contributed by atoms with Crippen molar-refractivity contribution in [3.8, 4) is 5.75 Å². The fraction of sp³-hybridized carbons (Fsp3) is 0.0556. The van der Waals surface area contributed by atoms with Crippen molar-refractivity contribution in [3.63, 3.8) is 0 Å². The first-order valence-corrected chi connectivity index (χ1v) is 8.47. The van der Waals surface area contributed by atoms with Crippen molar-refractivity contribution in [3.05, 3.63) is 64.6 Å². The molecular weight excluding hydrogens is 358 g/mol. The monoisotopic (exact) mass is 371 g/mol. The Balaban J connectivity index is 1.86. The SMILES string of the molecule is COC(=O)c1ccc(/C=C2\SC(=S)N(c3cccc(O)c3)C2=O)cc1. The number of benzene rings is 2. The second kappa shape index (κ2) is 7.08. The lowest BCUT2D eigenvalue weighted by molar-refractivity contribution is -0.113. The number of esters is 1. The number of aromatic hydroxyl groups is 1. The molecule has 0 aromatic heterocycles. The molecule has 126 valence electrons. The van der Waals surface area contributed by atoms with Gasteiger partial charge in [-0.1, -0.05) is 42.2 Å². The van der Waals surface area contributed by atoms with E-state index in [9.17, 15) is 14.7 Å². The Kier molecular flexibility index (Phi) is 4.87. The Morgan fingerprint density at radius 1 is 1.24 bits per heavy atom. The molecule has 0 spiro atoms. The molecule has 5 nitrogen and oxygen atoms in total. The summed E-state index contributed by atoms with van der Waals surface area (Å²) in [5.74, 6) is -0.603. The molecule has 0 saturated carbocycles. The van der Waals surface area contributed by atoms with Crippen LogP contribution in [-0.2, 0) is 9.53 Å². The van der Waals surface area contributed by atoms with Gasteiger partial charge in [0.25, 0.3) is 5.91 Å². The van der Waals surface area contributed by atoms with Crippen LogP contribution in [0.4, 0.5) is 5.69 Å². The number of nitrogens with zero attached hydrogens (tertiary/aromatic N) is 1. The zero-order valence-electron chi connectivity index (χ0n) is 13.1. The molecule has 1 heterocycles. The van der Waals surface area contributed by atoms with Crippen LogP contribution in [0.3, 0.4) is 0 Å². The number of carbonyl (C=O) groups is 2. The molecule has 1 N–H and O–H groups in total. The van der Waals surface area contributed by atoms with Crippen molar-refractivity contribution in [1.82, 2.24) is 0 Å². The number of ether oxygens (including phenoxy) is 1. The highest BCUT2D eigenvalue weighted by molar-refractivity contribution is 8.27. The van der Waals surface area contributed by atoms with Gasteiger partial charge >= 0.3 is 5.97 Å². The number of thiocarbonyl (C=S) groups is 1. The normalized spacial score (nSPS) is 15.7. The molecule has 3 rings (SSSR count). The molecule has 0 aliphatic carbocycles. The summed E-state index contributed by atoms with van der Waals surface area (Å²) >= 11 is 6.48. The van der Waals surface area contributed by atoms with E-state index >= 15 is 0 Å². The Hall–Kier alpha value is -2.64. The first kappa shape index (κ1) is 17.2. The summed E-state index contributed by atoms with van der Waals surface area (Å²) in [5.41, 5.74) is 1.72. The van der Waals surface area contributed by atoms with E-state index in [1.165, 1.54) is 35.9 Å². The third kappa shape index (κ3) is 3.57. The van der Waals surface area contributed by atoms with Crippen LogP contribution in [0.2, 0.25) is 0 Å². The largest absolute Gasteiger partial charge is 0.508 e. The van der Waals surface area contributed by atoms with Crippen molar-refractivity contribution in [1.29, 1.82) is 0 Å². The number of thioether (sulfide) groups is 1. The predicted octanol–water partition coefficient (Wildman–Crippen LogP) is 3.58. The summed E-state index contributed by atoms with van der Waals surface area (Å²) in [7, 11) is 1.32. The van der Waals surface area contributed by atoms with E-state index in [2.05, 4.69) is 4.74 Å². The number of anilines is 1. The van der Waals surface area contributed by atoms with E-state index in [1.807, 2.05) is 0 Å². The predicted molar refractivity (Wildman–Crippen MR) is 102 cm³/mol. The van der Waals surface area contributed by atoms with Crippen molar-refractivity contribution in [2.24, 2.45) is 0 Å². The van der Waals surface area contributed by atoms with Gasteiger partial charge in [-0.15, -0.1) is 0 Å². The highest BCUT2D eigenvalue weighted by atomic mass is 32.2. The summed E-state index contributed by atoms with van der Waals surface area (Å²) < 4.78 is 5.05. The second-order valence-corrected chi connectivity index (χ2v) is 6.83. The number of rotatable bonds is 3. The standard InChI is InChI=1S/C18H13NO4S2/c1-23-17(22)12-7-5-11(6-8-12)9-15-16(21)19(18(24)25-15)13-3-2-4-14(20)10-13/h2-10,20H,1H3/b15-9-. The molecule has 7 heteroatoms. The van der Waals surface area contributed by atoms with Crippen molar-refractivity contribution < 1.29 is 19.4 Å². The van der Waals surface area contributed by atoms with Crippen LogP contribution in [0.15, 0.2) is 53.4 Å². The van der Waals surface area contributed by atoms with Crippen molar-refractivity contribution >= 4 is 51.9 Å². The van der Waals surface area contributed by atoms with Gasteiger partial charge in [-0.2, -0.15) is 0 Å². The Bertz CT molecular complexity index is 890. The Morgan fingerprint density at radius 3 is 2.60 bits per heavy atom. The van der Waals surface area contributed by atoms with Crippen LogP contribution in [-0.4, -0.2) is 28.4 Å². The maximum atomic E-state index is 12.6. The Labute approximate surface area is 153 Å². The lowest BCUT2D eigenvalue weighted by Crippen LogP contribution is -2.27. The van der Waals surface area contributed by atoms with E-state index in [1.54, 1.807) is 42.5 Å². The van der Waals surface area contributed by atoms with Gasteiger partial charge in [-0.3, -0.25) is 9.69 Å². The van der Waals surface area contributed by atoms with Crippen LogP contribution >= 0.6 is 24.0 Å². The molecule has 1 aliphatic heterocycles. The maximum Gasteiger partial charge on any atom is 0.337 e. The number of hydrogen-bond acceptors (Lipinski definition) is 6. The number of phenols is 1. The van der Waals surface area contributed by atoms with Gasteiger partial charge in [0.1, 0.15) is 5.75 Å². The molecule has 1 fully saturated rings. The lowest BCUT2D eigenvalue weighted by atomic mass is 10.1. The Morgan fingerprint density at radius 2 is 1.96 bits per heavy atom. The smallest absolute Gasteiger partial charge is 0.337 e. The van der Waals surface area contributed by atoms with Gasteiger partial charge in [-0.05, 0) is 35.9 Å². The molecule has 2 aromatic carbocycles. The van der Waals surface area contributed by atoms with Crippen LogP contribution < -0.4 is 4.90 Å². The third-order valence-corrected chi connectivity index (χ3v) is 4.81. The first-order chi connectivity index (χ1) is 12.0. The van der Waals surface area contributed by atoms with E-state index in [-0.39, 0.29) is 11.7 Å². The summed E-state index contributed by atoms with van der Waals surface area (Å²) in [4.78, 5) is 26.0. The third-order valence-electron chi connectivity index (χ3n) is 3.51. The van der Waals surface area contributed by atoms with Crippen molar-refractivity contribution in [2.45, 2.75) is 0 Å². The number of hydrogen-bond donors (Lipinski definition) is 1. The van der Waals surface area contributed by atoms with Gasteiger partial charge < -0.3 is 9.84 Å². The minimum Gasteiger partial charge on any atom is -0.508 e. The molecule has 2 aromatic rings.